The van der Waals surface area contributed by atoms with Gasteiger partial charge in [-0.05, 0) is 65.7 Å². The van der Waals surface area contributed by atoms with Gasteiger partial charge in [0.25, 0.3) is 10.0 Å². The van der Waals surface area contributed by atoms with Crippen molar-refractivity contribution in [1.29, 1.82) is 5.26 Å². The minimum atomic E-state index is -3.77. The molecule has 0 aliphatic carbocycles. The standard InChI is InChI=1S/C17H15N3O3S2/c1-2-11-7-13(24-10-18)3-5-16(11)20-25(22,23)14-4-6-15-12(8-14)9-17(21)19-15/h3-8,20H,2,9H2,1H3,(H,19,21). The van der Waals surface area contributed by atoms with E-state index in [9.17, 15) is 13.2 Å². The van der Waals surface area contributed by atoms with Gasteiger partial charge in [0.05, 0.1) is 17.0 Å². The van der Waals surface area contributed by atoms with Gasteiger partial charge < -0.3 is 5.32 Å². The number of hydrogen-bond acceptors (Lipinski definition) is 5. The van der Waals surface area contributed by atoms with Gasteiger partial charge in [-0.2, -0.15) is 5.26 Å². The van der Waals surface area contributed by atoms with E-state index in [0.29, 0.717) is 23.4 Å². The third-order valence-electron chi connectivity index (χ3n) is 3.88. The molecule has 8 heteroatoms. The van der Waals surface area contributed by atoms with E-state index in [2.05, 4.69) is 10.0 Å². The fraction of sp³-hybridized carbons (Fsp3) is 0.176. The molecule has 0 unspecified atom stereocenters. The van der Waals surface area contributed by atoms with Crippen molar-refractivity contribution in [2.24, 2.45) is 0 Å². The quantitative estimate of drug-likeness (QED) is 0.620. The van der Waals surface area contributed by atoms with Gasteiger partial charge in [0.1, 0.15) is 5.40 Å². The van der Waals surface area contributed by atoms with Crippen molar-refractivity contribution < 1.29 is 13.2 Å². The number of nitrogens with zero attached hydrogens (tertiary/aromatic N) is 1. The molecule has 2 aromatic rings. The van der Waals surface area contributed by atoms with Crippen LogP contribution < -0.4 is 10.0 Å². The summed E-state index contributed by atoms with van der Waals surface area (Å²) in [6, 6.07) is 9.75. The van der Waals surface area contributed by atoms with Crippen molar-refractivity contribution in [2.75, 3.05) is 10.0 Å². The fourth-order valence-corrected chi connectivity index (χ4v) is 4.25. The lowest BCUT2D eigenvalue weighted by atomic mass is 10.1. The first kappa shape index (κ1) is 17.3. The Morgan fingerprint density at radius 2 is 2.08 bits per heavy atom. The Labute approximate surface area is 150 Å². The third-order valence-corrected chi connectivity index (χ3v) is 5.82. The van der Waals surface area contributed by atoms with Crippen molar-refractivity contribution in [1.82, 2.24) is 0 Å². The lowest BCUT2D eigenvalue weighted by Gasteiger charge is -2.13. The molecule has 0 saturated carbocycles. The van der Waals surface area contributed by atoms with Crippen LogP contribution in [-0.2, 0) is 27.7 Å². The van der Waals surface area contributed by atoms with Gasteiger partial charge in [-0.25, -0.2) is 8.42 Å². The molecule has 128 valence electrons. The molecule has 0 bridgehead atoms. The van der Waals surface area contributed by atoms with Crippen LogP contribution in [0.1, 0.15) is 18.1 Å². The van der Waals surface area contributed by atoms with Crippen LogP contribution in [0.15, 0.2) is 46.2 Å². The zero-order valence-corrected chi connectivity index (χ0v) is 15.0. The number of anilines is 2. The summed E-state index contributed by atoms with van der Waals surface area (Å²) in [6.07, 6.45) is 0.805. The van der Waals surface area contributed by atoms with Gasteiger partial charge in [-0.15, -0.1) is 0 Å². The average molecular weight is 373 g/mol. The Bertz CT molecular complexity index is 995. The number of carbonyl (C=O) groups is 1. The highest BCUT2D eigenvalue weighted by atomic mass is 32.2. The summed E-state index contributed by atoms with van der Waals surface area (Å²) in [5.74, 6) is -0.142. The molecule has 6 nitrogen and oxygen atoms in total. The van der Waals surface area contributed by atoms with Crippen molar-refractivity contribution >= 4 is 39.1 Å². The molecule has 0 fully saturated rings. The average Bonchev–Trinajstić information content (AvgIpc) is 2.95. The summed E-state index contributed by atoms with van der Waals surface area (Å²) in [7, 11) is -3.77. The highest BCUT2D eigenvalue weighted by molar-refractivity contribution is 8.03. The van der Waals surface area contributed by atoms with E-state index in [-0.39, 0.29) is 17.2 Å². The van der Waals surface area contributed by atoms with Gasteiger partial charge in [0.15, 0.2) is 0 Å². The number of rotatable bonds is 5. The van der Waals surface area contributed by atoms with Crippen LogP contribution in [0.4, 0.5) is 11.4 Å². The molecule has 0 spiro atoms. The van der Waals surface area contributed by atoms with E-state index in [4.69, 9.17) is 5.26 Å². The number of hydrogen-bond donors (Lipinski definition) is 2. The van der Waals surface area contributed by atoms with Crippen molar-refractivity contribution in [3.63, 3.8) is 0 Å². The van der Waals surface area contributed by atoms with Crippen LogP contribution in [0, 0.1) is 10.7 Å². The smallest absolute Gasteiger partial charge is 0.261 e. The van der Waals surface area contributed by atoms with Crippen LogP contribution in [0.25, 0.3) is 0 Å². The van der Waals surface area contributed by atoms with Crippen LogP contribution in [-0.4, -0.2) is 14.3 Å². The molecule has 2 N–H and O–H groups in total. The van der Waals surface area contributed by atoms with Crippen molar-refractivity contribution in [3.05, 3.63) is 47.5 Å². The number of thiocyanates is 1. The summed E-state index contributed by atoms with van der Waals surface area (Å²) in [6.45, 7) is 1.92. The topological polar surface area (TPSA) is 99.1 Å². The first-order chi connectivity index (χ1) is 11.9. The Hall–Kier alpha value is -2.50. The maximum absolute atomic E-state index is 12.7. The number of sulfonamides is 1. The van der Waals surface area contributed by atoms with Crippen LogP contribution in [0.5, 0.6) is 0 Å². The maximum Gasteiger partial charge on any atom is 0.261 e. The first-order valence-electron chi connectivity index (χ1n) is 7.57. The molecule has 1 aliphatic heterocycles. The zero-order chi connectivity index (χ0) is 18.0. The van der Waals surface area contributed by atoms with Gasteiger partial charge in [-0.1, -0.05) is 6.92 Å². The number of thioether (sulfide) groups is 1. The van der Waals surface area contributed by atoms with Gasteiger partial charge in [0, 0.05) is 10.6 Å². The van der Waals surface area contributed by atoms with E-state index in [0.717, 1.165) is 22.2 Å². The second-order valence-corrected chi connectivity index (χ2v) is 8.06. The van der Waals surface area contributed by atoms with E-state index < -0.39 is 10.0 Å². The first-order valence-corrected chi connectivity index (χ1v) is 9.87. The Kier molecular flexibility index (Phi) is 4.70. The highest BCUT2D eigenvalue weighted by Crippen LogP contribution is 2.29. The van der Waals surface area contributed by atoms with E-state index >= 15 is 0 Å². The fourth-order valence-electron chi connectivity index (χ4n) is 2.65. The summed E-state index contributed by atoms with van der Waals surface area (Å²) >= 11 is 1.03. The molecule has 1 amide bonds. The molecule has 1 aliphatic rings. The molecule has 0 atom stereocenters. The molecule has 2 aromatic carbocycles. The van der Waals surface area contributed by atoms with Gasteiger partial charge in [-0.3, -0.25) is 9.52 Å². The number of aryl methyl sites for hydroxylation is 1. The van der Waals surface area contributed by atoms with Gasteiger partial charge >= 0.3 is 0 Å². The number of amides is 1. The Morgan fingerprint density at radius 3 is 2.80 bits per heavy atom. The largest absolute Gasteiger partial charge is 0.326 e. The van der Waals surface area contributed by atoms with E-state index in [1.165, 1.54) is 12.1 Å². The molecular formula is C17H15N3O3S2. The monoisotopic (exact) mass is 373 g/mol. The normalized spacial score (nSPS) is 13.0. The number of carbonyl (C=O) groups excluding carboxylic acids is 1. The van der Waals surface area contributed by atoms with Crippen LogP contribution in [0.2, 0.25) is 0 Å². The summed E-state index contributed by atoms with van der Waals surface area (Å²) < 4.78 is 28.0. The summed E-state index contributed by atoms with van der Waals surface area (Å²) in [5, 5.41) is 13.4. The minimum absolute atomic E-state index is 0.111. The predicted octanol–water partition coefficient (Wildman–Crippen LogP) is 3.12. The SMILES string of the molecule is CCc1cc(SC#N)ccc1NS(=O)(=O)c1ccc2c(c1)CC(=O)N2. The summed E-state index contributed by atoms with van der Waals surface area (Å²) in [5.41, 5.74) is 2.61. The van der Waals surface area contributed by atoms with Crippen LogP contribution >= 0.6 is 11.8 Å². The molecule has 0 aromatic heterocycles. The Balaban J connectivity index is 1.91. The van der Waals surface area contributed by atoms with Crippen LogP contribution in [0.3, 0.4) is 0 Å². The maximum atomic E-state index is 12.7. The lowest BCUT2D eigenvalue weighted by Crippen LogP contribution is -2.14. The number of fused-ring (bicyclic) bond motifs is 1. The summed E-state index contributed by atoms with van der Waals surface area (Å²) in [4.78, 5) is 12.3. The molecule has 0 radical (unpaired) electrons. The molecule has 1 heterocycles. The highest BCUT2D eigenvalue weighted by Gasteiger charge is 2.22. The lowest BCUT2D eigenvalue weighted by molar-refractivity contribution is -0.115. The van der Waals surface area contributed by atoms with Crippen molar-refractivity contribution in [2.45, 2.75) is 29.6 Å². The zero-order valence-electron chi connectivity index (χ0n) is 13.4. The minimum Gasteiger partial charge on any atom is -0.326 e. The molecule has 25 heavy (non-hydrogen) atoms. The second kappa shape index (κ2) is 6.78. The number of benzene rings is 2. The van der Waals surface area contributed by atoms with Crippen molar-refractivity contribution in [3.8, 4) is 5.40 Å². The van der Waals surface area contributed by atoms with E-state index in [1.54, 1.807) is 24.3 Å². The number of nitriles is 1. The second-order valence-electron chi connectivity index (χ2n) is 5.52. The molecule has 3 rings (SSSR count). The Morgan fingerprint density at radius 1 is 1.28 bits per heavy atom. The van der Waals surface area contributed by atoms with E-state index in [1.807, 2.05) is 12.3 Å². The number of nitrogens with one attached hydrogen (secondary N) is 2. The molecule has 0 saturated heterocycles. The third kappa shape index (κ3) is 3.62. The van der Waals surface area contributed by atoms with Gasteiger partial charge in [0.2, 0.25) is 5.91 Å². The molecular weight excluding hydrogens is 358 g/mol. The predicted molar refractivity (Wildman–Crippen MR) is 96.9 cm³/mol.